The van der Waals surface area contributed by atoms with E-state index >= 15 is 0 Å². The Balaban J connectivity index is 1.86. The molecular formula is C22H28N2O3S. The van der Waals surface area contributed by atoms with Gasteiger partial charge in [-0.2, -0.15) is 0 Å². The number of amides is 1. The zero-order valence-corrected chi connectivity index (χ0v) is 17.8. The van der Waals surface area contributed by atoms with Gasteiger partial charge in [-0.1, -0.05) is 23.8 Å². The first-order valence-electron chi connectivity index (χ1n) is 9.77. The minimum Gasteiger partial charge on any atom is -0.332 e. The van der Waals surface area contributed by atoms with E-state index in [1.54, 1.807) is 37.3 Å². The zero-order valence-electron chi connectivity index (χ0n) is 17.0. The molecule has 0 radical (unpaired) electrons. The molecule has 1 aliphatic heterocycles. The van der Waals surface area contributed by atoms with Crippen molar-refractivity contribution in [2.24, 2.45) is 0 Å². The van der Waals surface area contributed by atoms with Crippen LogP contribution in [0.3, 0.4) is 0 Å². The van der Waals surface area contributed by atoms with Gasteiger partial charge in [0.25, 0.3) is 5.91 Å². The smallest absolute Gasteiger partial charge is 0.272 e. The molecule has 2 aromatic rings. The average Bonchev–Trinajstić information content (AvgIpc) is 2.61. The predicted octanol–water partition coefficient (Wildman–Crippen LogP) is 4.08. The molecule has 28 heavy (non-hydrogen) atoms. The monoisotopic (exact) mass is 400 g/mol. The van der Waals surface area contributed by atoms with Crippen molar-refractivity contribution in [3.05, 3.63) is 58.9 Å². The summed E-state index contributed by atoms with van der Waals surface area (Å²) in [6.45, 7) is 7.85. The Hall–Kier alpha value is -2.21. The second-order valence-corrected chi connectivity index (χ2v) is 9.84. The van der Waals surface area contributed by atoms with Crippen LogP contribution in [0.2, 0.25) is 0 Å². The summed E-state index contributed by atoms with van der Waals surface area (Å²) in [5.41, 5.74) is 2.45. The first-order valence-corrected chi connectivity index (χ1v) is 11.4. The van der Waals surface area contributed by atoms with E-state index in [9.17, 15) is 13.2 Å². The Labute approximate surface area is 167 Å². The molecule has 2 heterocycles. The highest BCUT2D eigenvalue weighted by atomic mass is 32.2. The van der Waals surface area contributed by atoms with Gasteiger partial charge < -0.3 is 4.90 Å². The molecule has 0 N–H and O–H groups in total. The molecule has 1 saturated heterocycles. The lowest BCUT2D eigenvalue weighted by atomic mass is 9.97. The Morgan fingerprint density at radius 1 is 1.11 bits per heavy atom. The number of carbonyl (C=O) groups excluding carboxylic acids is 1. The van der Waals surface area contributed by atoms with E-state index in [2.05, 4.69) is 18.8 Å². The van der Waals surface area contributed by atoms with Crippen LogP contribution in [0.4, 0.5) is 0 Å². The number of piperidine rings is 1. The van der Waals surface area contributed by atoms with Crippen molar-refractivity contribution in [1.29, 1.82) is 0 Å². The number of pyridine rings is 1. The SMILES string of the molecule is Cc1ccc(S(=O)(=O)Cc2cccc(C(=O)N3[C@H](C)CCC[C@@H]3C)n2)c(C)c1. The Kier molecular flexibility index (Phi) is 5.89. The number of hydrogen-bond acceptors (Lipinski definition) is 4. The summed E-state index contributed by atoms with van der Waals surface area (Å²) in [5.74, 6) is -0.339. The molecule has 2 atom stereocenters. The van der Waals surface area contributed by atoms with Crippen LogP contribution in [0.5, 0.6) is 0 Å². The minimum absolute atomic E-state index is 0.120. The maximum Gasteiger partial charge on any atom is 0.272 e. The standard InChI is InChI=1S/C22H28N2O3S/c1-15-11-12-21(16(2)13-15)28(26,27)14-19-9-6-10-20(23-19)22(25)24-17(3)7-5-8-18(24)4/h6,9-13,17-18H,5,7-8,14H2,1-4H3/t17-,18+. The van der Waals surface area contributed by atoms with Gasteiger partial charge in [0.2, 0.25) is 0 Å². The molecule has 6 heteroatoms. The van der Waals surface area contributed by atoms with Gasteiger partial charge in [-0.25, -0.2) is 13.4 Å². The highest BCUT2D eigenvalue weighted by Crippen LogP contribution is 2.25. The molecule has 1 aromatic heterocycles. The summed E-state index contributed by atoms with van der Waals surface area (Å²) >= 11 is 0. The lowest BCUT2D eigenvalue weighted by Gasteiger charge is -2.38. The Morgan fingerprint density at radius 3 is 2.43 bits per heavy atom. The number of benzene rings is 1. The molecular weight excluding hydrogens is 372 g/mol. The summed E-state index contributed by atoms with van der Waals surface area (Å²) in [5, 5.41) is 0. The number of carbonyl (C=O) groups is 1. The van der Waals surface area contributed by atoms with Crippen LogP contribution < -0.4 is 0 Å². The van der Waals surface area contributed by atoms with Crippen molar-refractivity contribution in [3.63, 3.8) is 0 Å². The van der Waals surface area contributed by atoms with Crippen LogP contribution >= 0.6 is 0 Å². The number of rotatable bonds is 4. The van der Waals surface area contributed by atoms with Crippen molar-refractivity contribution in [1.82, 2.24) is 9.88 Å². The third-order valence-electron chi connectivity index (χ3n) is 5.46. The molecule has 1 fully saturated rings. The quantitative estimate of drug-likeness (QED) is 0.776. The van der Waals surface area contributed by atoms with E-state index in [-0.39, 0.29) is 23.7 Å². The van der Waals surface area contributed by atoms with Gasteiger partial charge in [0.15, 0.2) is 9.84 Å². The molecule has 0 aliphatic carbocycles. The van der Waals surface area contributed by atoms with Crippen LogP contribution in [0.25, 0.3) is 0 Å². The van der Waals surface area contributed by atoms with Crippen LogP contribution in [0.1, 0.15) is 60.4 Å². The van der Waals surface area contributed by atoms with E-state index in [1.807, 2.05) is 17.9 Å². The molecule has 150 valence electrons. The molecule has 1 aromatic carbocycles. The predicted molar refractivity (Wildman–Crippen MR) is 110 cm³/mol. The molecule has 0 bridgehead atoms. The highest BCUT2D eigenvalue weighted by Gasteiger charge is 2.30. The Bertz CT molecular complexity index is 975. The van der Waals surface area contributed by atoms with Crippen molar-refractivity contribution < 1.29 is 13.2 Å². The number of sulfone groups is 1. The van der Waals surface area contributed by atoms with E-state index in [0.717, 1.165) is 30.4 Å². The minimum atomic E-state index is -3.54. The summed E-state index contributed by atoms with van der Waals surface area (Å²) in [6, 6.07) is 10.7. The van der Waals surface area contributed by atoms with Crippen molar-refractivity contribution in [3.8, 4) is 0 Å². The van der Waals surface area contributed by atoms with Gasteiger partial charge in [0, 0.05) is 12.1 Å². The largest absolute Gasteiger partial charge is 0.332 e. The molecule has 0 spiro atoms. The van der Waals surface area contributed by atoms with Gasteiger partial charge in [0.1, 0.15) is 5.69 Å². The average molecular weight is 401 g/mol. The molecule has 0 unspecified atom stereocenters. The van der Waals surface area contributed by atoms with Crippen LogP contribution in [-0.2, 0) is 15.6 Å². The topological polar surface area (TPSA) is 67.3 Å². The van der Waals surface area contributed by atoms with E-state index < -0.39 is 9.84 Å². The lowest BCUT2D eigenvalue weighted by Crippen LogP contribution is -2.47. The van der Waals surface area contributed by atoms with E-state index in [4.69, 9.17) is 0 Å². The Morgan fingerprint density at radius 2 is 1.79 bits per heavy atom. The molecule has 0 saturated carbocycles. The maximum absolute atomic E-state index is 13.0. The number of nitrogens with zero attached hydrogens (tertiary/aromatic N) is 2. The third-order valence-corrected chi connectivity index (χ3v) is 7.26. The molecule has 5 nitrogen and oxygen atoms in total. The first-order chi connectivity index (χ1) is 13.2. The summed E-state index contributed by atoms with van der Waals surface area (Å²) < 4.78 is 25.8. The van der Waals surface area contributed by atoms with Crippen LogP contribution in [0.15, 0.2) is 41.3 Å². The van der Waals surface area contributed by atoms with Gasteiger partial charge >= 0.3 is 0 Å². The fourth-order valence-corrected chi connectivity index (χ4v) is 5.58. The van der Waals surface area contributed by atoms with Crippen molar-refractivity contribution >= 4 is 15.7 Å². The fraction of sp³-hybridized carbons (Fsp3) is 0.455. The van der Waals surface area contributed by atoms with Gasteiger partial charge in [0.05, 0.1) is 16.3 Å². The second kappa shape index (κ2) is 8.03. The number of aryl methyl sites for hydroxylation is 2. The molecule has 3 rings (SSSR count). The van der Waals surface area contributed by atoms with Crippen molar-refractivity contribution in [2.45, 2.75) is 69.7 Å². The number of aromatic nitrogens is 1. The van der Waals surface area contributed by atoms with E-state index in [0.29, 0.717) is 16.3 Å². The lowest BCUT2D eigenvalue weighted by molar-refractivity contribution is 0.0504. The fourth-order valence-electron chi connectivity index (χ4n) is 4.05. The van der Waals surface area contributed by atoms with Crippen molar-refractivity contribution in [2.75, 3.05) is 0 Å². The van der Waals surface area contributed by atoms with Gasteiger partial charge in [-0.15, -0.1) is 0 Å². The van der Waals surface area contributed by atoms with Gasteiger partial charge in [-0.05, 0) is 70.7 Å². The van der Waals surface area contributed by atoms with Gasteiger partial charge in [-0.3, -0.25) is 4.79 Å². The summed E-state index contributed by atoms with van der Waals surface area (Å²) in [7, 11) is -3.54. The van der Waals surface area contributed by atoms with E-state index in [1.165, 1.54) is 0 Å². The molecule has 1 amide bonds. The summed E-state index contributed by atoms with van der Waals surface area (Å²) in [4.78, 5) is 19.6. The highest BCUT2D eigenvalue weighted by molar-refractivity contribution is 7.90. The first kappa shape index (κ1) is 20.5. The van der Waals surface area contributed by atoms with Crippen LogP contribution in [-0.4, -0.2) is 36.3 Å². The maximum atomic E-state index is 13.0. The normalized spacial score (nSPS) is 20.2. The third kappa shape index (κ3) is 4.27. The number of hydrogen-bond donors (Lipinski definition) is 0. The zero-order chi connectivity index (χ0) is 20.5. The second-order valence-electron chi connectivity index (χ2n) is 7.88. The van der Waals surface area contributed by atoms with Crippen LogP contribution in [0, 0.1) is 13.8 Å². The molecule has 1 aliphatic rings. The summed E-state index contributed by atoms with van der Waals surface area (Å²) in [6.07, 6.45) is 3.08. The number of likely N-dealkylation sites (tertiary alicyclic amines) is 1.